The van der Waals surface area contributed by atoms with E-state index in [9.17, 15) is 18.0 Å². The Balaban J connectivity index is 1.83. The highest BCUT2D eigenvalue weighted by Crippen LogP contribution is 2.20. The van der Waals surface area contributed by atoms with Crippen molar-refractivity contribution < 1.29 is 22.7 Å². The number of nitrogens with zero attached hydrogens (tertiary/aromatic N) is 2. The molecule has 2 N–H and O–H groups in total. The predicted molar refractivity (Wildman–Crippen MR) is 118 cm³/mol. The summed E-state index contributed by atoms with van der Waals surface area (Å²) >= 11 is 6.02. The lowest BCUT2D eigenvalue weighted by atomic mass is 10.1. The molecule has 0 radical (unpaired) electrons. The highest BCUT2D eigenvalue weighted by Gasteiger charge is 2.22. The van der Waals surface area contributed by atoms with Crippen LogP contribution in [0.15, 0.2) is 65.8 Å². The van der Waals surface area contributed by atoms with Gasteiger partial charge in [0.2, 0.25) is 10.0 Å². The number of hydrogen-bond donors (Lipinski definition) is 2. The molecule has 2 aromatic carbocycles. The molecule has 0 saturated heterocycles. The molecule has 32 heavy (non-hydrogen) atoms. The number of halogens is 1. The van der Waals surface area contributed by atoms with Crippen molar-refractivity contribution in [1.29, 1.82) is 0 Å². The van der Waals surface area contributed by atoms with Crippen molar-refractivity contribution in [2.45, 2.75) is 10.9 Å². The van der Waals surface area contributed by atoms with Gasteiger partial charge >= 0.3 is 5.97 Å². The van der Waals surface area contributed by atoms with Gasteiger partial charge in [-0.3, -0.25) is 9.48 Å². The molecule has 11 heteroatoms. The zero-order chi connectivity index (χ0) is 23.3. The number of esters is 1. The first-order valence-corrected chi connectivity index (χ1v) is 11.3. The Morgan fingerprint density at radius 1 is 1.19 bits per heavy atom. The largest absolute Gasteiger partial charge is 0.465 e. The Kier molecular flexibility index (Phi) is 7.29. The van der Waals surface area contributed by atoms with Crippen LogP contribution in [0.2, 0.25) is 5.02 Å². The molecule has 3 aromatic rings. The quantitative estimate of drug-likeness (QED) is 0.481. The summed E-state index contributed by atoms with van der Waals surface area (Å²) in [5, 5.41) is 6.82. The molecule has 9 nitrogen and oxygen atoms in total. The van der Waals surface area contributed by atoms with Crippen LogP contribution in [-0.2, 0) is 21.8 Å². The molecule has 0 bridgehead atoms. The summed E-state index contributed by atoms with van der Waals surface area (Å²) in [7, 11) is -1.01. The fourth-order valence-electron chi connectivity index (χ4n) is 2.93. The zero-order valence-electron chi connectivity index (χ0n) is 17.3. The first-order chi connectivity index (χ1) is 15.2. The number of aromatic nitrogens is 2. The summed E-state index contributed by atoms with van der Waals surface area (Å²) in [5.41, 5.74) is 0.915. The molecule has 0 fully saturated rings. The van der Waals surface area contributed by atoms with E-state index >= 15 is 0 Å². The second-order valence-corrected chi connectivity index (χ2v) is 9.00. The van der Waals surface area contributed by atoms with Gasteiger partial charge in [0.15, 0.2) is 0 Å². The Morgan fingerprint density at radius 2 is 1.91 bits per heavy atom. The van der Waals surface area contributed by atoms with Crippen LogP contribution in [0, 0.1) is 0 Å². The number of carbonyl (C=O) groups is 2. The van der Waals surface area contributed by atoms with E-state index in [1.165, 1.54) is 42.4 Å². The minimum Gasteiger partial charge on any atom is -0.465 e. The summed E-state index contributed by atoms with van der Waals surface area (Å²) < 4.78 is 33.7. The first kappa shape index (κ1) is 23.5. The van der Waals surface area contributed by atoms with Crippen molar-refractivity contribution in [2.24, 2.45) is 7.05 Å². The molecule has 0 aliphatic carbocycles. The summed E-state index contributed by atoms with van der Waals surface area (Å²) in [5.74, 6) is -1.19. The number of aryl methyl sites for hydroxylation is 1. The minimum atomic E-state index is -3.83. The maximum Gasteiger partial charge on any atom is 0.339 e. The molecule has 3 rings (SSSR count). The standard InChI is InChI=1S/C21H21ClN4O5S/c1-26-13-16(11-23-26)32(29,30)24-12-19(14-6-4-3-5-7-14)25-20(27)15-8-9-18(22)17(10-15)21(28)31-2/h3-11,13,19,24H,12H2,1-2H3,(H,25,27). The van der Waals surface area contributed by atoms with Crippen molar-refractivity contribution in [1.82, 2.24) is 19.8 Å². The fourth-order valence-corrected chi connectivity index (χ4v) is 4.15. The van der Waals surface area contributed by atoms with Crippen molar-refractivity contribution in [3.05, 3.63) is 82.6 Å². The number of methoxy groups -OCH3 is 1. The van der Waals surface area contributed by atoms with Crippen molar-refractivity contribution in [3.8, 4) is 0 Å². The lowest BCUT2D eigenvalue weighted by Crippen LogP contribution is -2.38. The number of nitrogens with one attached hydrogen (secondary N) is 2. The Morgan fingerprint density at radius 3 is 2.53 bits per heavy atom. The van der Waals surface area contributed by atoms with E-state index in [0.717, 1.165) is 0 Å². The number of benzene rings is 2. The van der Waals surface area contributed by atoms with Gasteiger partial charge < -0.3 is 10.1 Å². The van der Waals surface area contributed by atoms with Crippen LogP contribution in [0.25, 0.3) is 0 Å². The summed E-state index contributed by atoms with van der Waals surface area (Å²) in [6.45, 7) is -0.107. The van der Waals surface area contributed by atoms with E-state index in [2.05, 4.69) is 19.9 Å². The van der Waals surface area contributed by atoms with Gasteiger partial charge in [0.25, 0.3) is 5.91 Å². The Bertz CT molecular complexity index is 1230. The molecule has 0 aliphatic rings. The van der Waals surface area contributed by atoms with Crippen molar-refractivity contribution >= 4 is 33.5 Å². The van der Waals surface area contributed by atoms with Gasteiger partial charge in [-0.2, -0.15) is 5.10 Å². The second kappa shape index (κ2) is 9.94. The van der Waals surface area contributed by atoms with Gasteiger partial charge in [-0.25, -0.2) is 17.9 Å². The summed E-state index contributed by atoms with van der Waals surface area (Å²) in [6.07, 6.45) is 2.61. The monoisotopic (exact) mass is 476 g/mol. The van der Waals surface area contributed by atoms with Gasteiger partial charge in [-0.15, -0.1) is 0 Å². The number of rotatable bonds is 8. The minimum absolute atomic E-state index is 0.0126. The van der Waals surface area contributed by atoms with Crippen LogP contribution in [0.4, 0.5) is 0 Å². The number of sulfonamides is 1. The average Bonchev–Trinajstić information content (AvgIpc) is 3.24. The smallest absolute Gasteiger partial charge is 0.339 e. The van der Waals surface area contributed by atoms with E-state index in [0.29, 0.717) is 5.56 Å². The first-order valence-electron chi connectivity index (χ1n) is 9.43. The maximum atomic E-state index is 12.9. The van der Waals surface area contributed by atoms with Crippen LogP contribution >= 0.6 is 11.6 Å². The molecule has 168 valence electrons. The maximum absolute atomic E-state index is 12.9. The molecule has 0 spiro atoms. The van der Waals surface area contributed by atoms with Gasteiger partial charge in [0, 0.05) is 25.4 Å². The molecule has 0 aliphatic heterocycles. The van der Waals surface area contributed by atoms with Crippen molar-refractivity contribution in [3.63, 3.8) is 0 Å². The lowest BCUT2D eigenvalue weighted by Gasteiger charge is -2.20. The Hall–Kier alpha value is -3.21. The Labute approximate surface area is 190 Å². The lowest BCUT2D eigenvalue weighted by molar-refractivity contribution is 0.0601. The highest BCUT2D eigenvalue weighted by atomic mass is 35.5. The van der Waals surface area contributed by atoms with Gasteiger partial charge in [-0.1, -0.05) is 41.9 Å². The average molecular weight is 477 g/mol. The predicted octanol–water partition coefficient (Wildman–Crippen LogP) is 2.31. The van der Waals surface area contributed by atoms with Crippen molar-refractivity contribution in [2.75, 3.05) is 13.7 Å². The van der Waals surface area contributed by atoms with E-state index in [1.54, 1.807) is 31.3 Å². The molecule has 1 amide bonds. The third-order valence-corrected chi connectivity index (χ3v) is 6.32. The summed E-state index contributed by atoms with van der Waals surface area (Å²) in [6, 6.07) is 12.4. The van der Waals surface area contributed by atoms with Crippen LogP contribution in [-0.4, -0.2) is 43.7 Å². The molecule has 1 aromatic heterocycles. The van der Waals surface area contributed by atoms with Crippen LogP contribution < -0.4 is 10.0 Å². The SMILES string of the molecule is COC(=O)c1cc(C(=O)NC(CNS(=O)(=O)c2cnn(C)c2)c2ccccc2)ccc1Cl. The van der Waals surface area contributed by atoms with E-state index < -0.39 is 27.9 Å². The van der Waals surface area contributed by atoms with E-state index in [-0.39, 0.29) is 27.6 Å². The topological polar surface area (TPSA) is 119 Å². The van der Waals surface area contributed by atoms with E-state index in [1.807, 2.05) is 6.07 Å². The fraction of sp³-hybridized carbons (Fsp3) is 0.190. The third-order valence-electron chi connectivity index (χ3n) is 4.61. The van der Waals surface area contributed by atoms with E-state index in [4.69, 9.17) is 11.6 Å². The van der Waals surface area contributed by atoms with Crippen LogP contribution in [0.5, 0.6) is 0 Å². The van der Waals surface area contributed by atoms with Crippen LogP contribution in [0.1, 0.15) is 32.3 Å². The number of hydrogen-bond acceptors (Lipinski definition) is 6. The number of amides is 1. The molecule has 1 heterocycles. The molecule has 0 saturated carbocycles. The molecular formula is C21H21ClN4O5S. The van der Waals surface area contributed by atoms with Gasteiger partial charge in [0.05, 0.1) is 29.9 Å². The number of carbonyl (C=O) groups excluding carboxylic acids is 2. The zero-order valence-corrected chi connectivity index (χ0v) is 18.9. The molecule has 1 atom stereocenters. The van der Waals surface area contributed by atoms with Gasteiger partial charge in [0.1, 0.15) is 4.90 Å². The number of ether oxygens (including phenoxy) is 1. The summed E-state index contributed by atoms with van der Waals surface area (Å²) in [4.78, 5) is 24.8. The second-order valence-electron chi connectivity index (χ2n) is 6.82. The van der Waals surface area contributed by atoms with Gasteiger partial charge in [-0.05, 0) is 23.8 Å². The highest BCUT2D eigenvalue weighted by molar-refractivity contribution is 7.89. The van der Waals surface area contributed by atoms with Crippen LogP contribution in [0.3, 0.4) is 0 Å². The normalized spacial score (nSPS) is 12.2. The molecule has 1 unspecified atom stereocenters. The third kappa shape index (κ3) is 5.52. The molecular weight excluding hydrogens is 456 g/mol.